The fourth-order valence-corrected chi connectivity index (χ4v) is 3.49. The lowest BCUT2D eigenvalue weighted by atomic mass is 10.1. The molecule has 2 N–H and O–H groups in total. The minimum atomic E-state index is -0.668. The number of hydrazone groups is 1. The molecule has 1 aromatic carbocycles. The molecular formula is C16H11Cl2N5O4S. The Labute approximate surface area is 172 Å². The molecule has 9 nitrogen and oxygen atoms in total. The standard InChI is InChI=1S/C16H11Cl2N5O4S/c1-8-14(15(22-27-8)13-10(17)3-2-4-11(13)18)20-16(24)21-19-7-9-5-6-12(28-9)23(25)26/h2-7H,1H3,(H2,20,21,24)/b19-7-. The zero-order valence-electron chi connectivity index (χ0n) is 14.1. The number of thiophene rings is 1. The van der Waals surface area contributed by atoms with Crippen molar-refractivity contribution < 1.29 is 14.2 Å². The first kappa shape index (κ1) is 19.8. The molecule has 0 aliphatic carbocycles. The van der Waals surface area contributed by atoms with Gasteiger partial charge in [0.15, 0.2) is 5.76 Å². The third-order valence-corrected chi connectivity index (χ3v) is 5.05. The smallest absolute Gasteiger partial charge is 0.339 e. The Morgan fingerprint density at radius 2 is 2.04 bits per heavy atom. The van der Waals surface area contributed by atoms with Crippen LogP contribution in [0.25, 0.3) is 11.3 Å². The van der Waals surface area contributed by atoms with Gasteiger partial charge in [-0.1, -0.05) is 45.8 Å². The van der Waals surface area contributed by atoms with Gasteiger partial charge in [-0.05, 0) is 25.1 Å². The number of hydrogen-bond donors (Lipinski definition) is 2. The van der Waals surface area contributed by atoms with Crippen molar-refractivity contribution in [2.75, 3.05) is 5.32 Å². The van der Waals surface area contributed by atoms with Crippen molar-refractivity contribution in [1.82, 2.24) is 10.6 Å². The van der Waals surface area contributed by atoms with Crippen LogP contribution in [0.3, 0.4) is 0 Å². The zero-order chi connectivity index (χ0) is 20.3. The van der Waals surface area contributed by atoms with Crippen molar-refractivity contribution in [2.45, 2.75) is 6.92 Å². The number of benzene rings is 1. The third-order valence-electron chi connectivity index (χ3n) is 3.45. The molecule has 144 valence electrons. The van der Waals surface area contributed by atoms with E-state index in [0.29, 0.717) is 26.2 Å². The molecule has 0 fully saturated rings. The SMILES string of the molecule is Cc1onc(-c2c(Cl)cccc2Cl)c1NC(=O)N/N=C\c1ccc([N+](=O)[O-])s1. The van der Waals surface area contributed by atoms with E-state index in [9.17, 15) is 14.9 Å². The van der Waals surface area contributed by atoms with Gasteiger partial charge < -0.3 is 9.84 Å². The molecule has 0 radical (unpaired) electrons. The van der Waals surface area contributed by atoms with Crippen LogP contribution in [-0.4, -0.2) is 22.3 Å². The van der Waals surface area contributed by atoms with Gasteiger partial charge in [0.1, 0.15) is 11.4 Å². The number of halogens is 2. The molecule has 0 aliphatic rings. The summed E-state index contributed by atoms with van der Waals surface area (Å²) in [4.78, 5) is 22.8. The van der Waals surface area contributed by atoms with Gasteiger partial charge in [-0.25, -0.2) is 10.2 Å². The molecule has 0 unspecified atom stereocenters. The molecule has 3 aromatic rings. The number of aryl methyl sites for hydroxylation is 1. The van der Waals surface area contributed by atoms with Crippen LogP contribution in [-0.2, 0) is 0 Å². The van der Waals surface area contributed by atoms with E-state index in [2.05, 4.69) is 21.0 Å². The summed E-state index contributed by atoms with van der Waals surface area (Å²) in [6.07, 6.45) is 1.30. The van der Waals surface area contributed by atoms with Crippen LogP contribution in [0.15, 0.2) is 40.0 Å². The molecule has 2 aromatic heterocycles. The second-order valence-electron chi connectivity index (χ2n) is 5.32. The first-order valence-electron chi connectivity index (χ1n) is 7.61. The molecule has 0 atom stereocenters. The van der Waals surface area contributed by atoms with Gasteiger partial charge in [0.2, 0.25) is 0 Å². The van der Waals surface area contributed by atoms with E-state index >= 15 is 0 Å². The highest BCUT2D eigenvalue weighted by molar-refractivity contribution is 7.16. The van der Waals surface area contributed by atoms with E-state index < -0.39 is 11.0 Å². The molecule has 28 heavy (non-hydrogen) atoms. The Morgan fingerprint density at radius 3 is 2.68 bits per heavy atom. The first-order valence-corrected chi connectivity index (χ1v) is 9.19. The third kappa shape index (κ3) is 4.30. The van der Waals surface area contributed by atoms with Gasteiger partial charge in [-0.2, -0.15) is 5.10 Å². The Morgan fingerprint density at radius 1 is 1.32 bits per heavy atom. The van der Waals surface area contributed by atoms with Crippen molar-refractivity contribution in [3.8, 4) is 11.3 Å². The van der Waals surface area contributed by atoms with Gasteiger partial charge >= 0.3 is 11.0 Å². The molecule has 0 saturated heterocycles. The molecular weight excluding hydrogens is 429 g/mol. The molecule has 2 heterocycles. The lowest BCUT2D eigenvalue weighted by Gasteiger charge is -2.07. The number of nitrogens with one attached hydrogen (secondary N) is 2. The molecule has 2 amide bonds. The van der Waals surface area contributed by atoms with E-state index in [4.69, 9.17) is 27.7 Å². The number of rotatable bonds is 5. The van der Waals surface area contributed by atoms with Crippen LogP contribution in [0.5, 0.6) is 0 Å². The topological polar surface area (TPSA) is 123 Å². The Kier molecular flexibility index (Phi) is 5.93. The van der Waals surface area contributed by atoms with Gasteiger partial charge in [-0.3, -0.25) is 10.1 Å². The summed E-state index contributed by atoms with van der Waals surface area (Å²) in [6.45, 7) is 1.62. The Balaban J connectivity index is 1.73. The van der Waals surface area contributed by atoms with E-state index in [0.717, 1.165) is 11.3 Å². The molecule has 0 spiro atoms. The van der Waals surface area contributed by atoms with E-state index in [1.807, 2.05) is 0 Å². The average Bonchev–Trinajstić information content (AvgIpc) is 3.24. The fourth-order valence-electron chi connectivity index (χ4n) is 2.22. The number of nitrogens with zero attached hydrogens (tertiary/aromatic N) is 3. The predicted molar refractivity (Wildman–Crippen MR) is 107 cm³/mol. The van der Waals surface area contributed by atoms with Crippen molar-refractivity contribution >= 4 is 57.5 Å². The van der Waals surface area contributed by atoms with E-state index in [-0.39, 0.29) is 16.4 Å². The summed E-state index contributed by atoms with van der Waals surface area (Å²) in [5, 5.41) is 21.6. The number of aromatic nitrogens is 1. The number of anilines is 1. The van der Waals surface area contributed by atoms with Crippen LogP contribution < -0.4 is 10.7 Å². The summed E-state index contributed by atoms with van der Waals surface area (Å²) in [7, 11) is 0. The van der Waals surface area contributed by atoms with E-state index in [1.54, 1.807) is 25.1 Å². The maximum atomic E-state index is 12.1. The van der Waals surface area contributed by atoms with Crippen molar-refractivity contribution in [3.63, 3.8) is 0 Å². The normalized spacial score (nSPS) is 11.0. The maximum Gasteiger partial charge on any atom is 0.339 e. The molecule has 3 rings (SSSR count). The molecule has 12 heteroatoms. The van der Waals surface area contributed by atoms with Crippen LogP contribution >= 0.6 is 34.5 Å². The van der Waals surface area contributed by atoms with Crippen LogP contribution in [0.4, 0.5) is 15.5 Å². The minimum absolute atomic E-state index is 0.0211. The van der Waals surface area contributed by atoms with Crippen LogP contribution in [0, 0.1) is 17.0 Å². The highest BCUT2D eigenvalue weighted by Gasteiger charge is 2.21. The first-order chi connectivity index (χ1) is 13.4. The van der Waals surface area contributed by atoms with Crippen molar-refractivity contribution in [2.24, 2.45) is 5.10 Å². The van der Waals surface area contributed by atoms with Gasteiger partial charge in [-0.15, -0.1) is 0 Å². The predicted octanol–water partition coefficient (Wildman–Crippen LogP) is 5.08. The highest BCUT2D eigenvalue weighted by atomic mass is 35.5. The van der Waals surface area contributed by atoms with Crippen molar-refractivity contribution in [3.05, 3.63) is 61.1 Å². The summed E-state index contributed by atoms with van der Waals surface area (Å²) < 4.78 is 5.15. The quantitative estimate of drug-likeness (QED) is 0.325. The zero-order valence-corrected chi connectivity index (χ0v) is 16.4. The number of nitro groups is 1. The van der Waals surface area contributed by atoms with Gasteiger partial charge in [0.05, 0.1) is 26.1 Å². The Hall–Kier alpha value is -2.95. The molecule has 0 bridgehead atoms. The van der Waals surface area contributed by atoms with Crippen LogP contribution in [0.2, 0.25) is 10.0 Å². The largest absolute Gasteiger partial charge is 0.359 e. The lowest BCUT2D eigenvalue weighted by Crippen LogP contribution is -2.24. The second kappa shape index (κ2) is 8.38. The fraction of sp³-hybridized carbons (Fsp3) is 0.0625. The van der Waals surface area contributed by atoms with Crippen molar-refractivity contribution in [1.29, 1.82) is 0 Å². The number of hydrogen-bond acceptors (Lipinski definition) is 7. The van der Waals surface area contributed by atoms with Gasteiger partial charge in [0.25, 0.3) is 0 Å². The highest BCUT2D eigenvalue weighted by Crippen LogP contribution is 2.39. The number of carbonyl (C=O) groups excluding carboxylic acids is 1. The van der Waals surface area contributed by atoms with Gasteiger partial charge in [0, 0.05) is 11.6 Å². The number of amides is 2. The monoisotopic (exact) mass is 439 g/mol. The lowest BCUT2D eigenvalue weighted by molar-refractivity contribution is -0.380. The average molecular weight is 440 g/mol. The minimum Gasteiger partial charge on any atom is -0.359 e. The van der Waals surface area contributed by atoms with Crippen LogP contribution in [0.1, 0.15) is 10.6 Å². The number of urea groups is 1. The summed E-state index contributed by atoms with van der Waals surface area (Å²) in [6, 6.07) is 7.17. The summed E-state index contributed by atoms with van der Waals surface area (Å²) in [5.41, 5.74) is 3.25. The molecule has 0 aliphatic heterocycles. The second-order valence-corrected chi connectivity index (χ2v) is 7.22. The van der Waals surface area contributed by atoms with E-state index in [1.165, 1.54) is 18.3 Å². The summed E-state index contributed by atoms with van der Waals surface area (Å²) >= 11 is 13.3. The Bertz CT molecular complexity index is 1060. The summed E-state index contributed by atoms with van der Waals surface area (Å²) in [5.74, 6) is 0.346. The molecule has 0 saturated carbocycles. The number of carbonyl (C=O) groups is 1. The maximum absolute atomic E-state index is 12.1.